The molecule has 1 fully saturated rings. The second kappa shape index (κ2) is 7.14. The summed E-state index contributed by atoms with van der Waals surface area (Å²) in [6.07, 6.45) is 1.80. The van der Waals surface area contributed by atoms with Crippen molar-refractivity contribution in [1.29, 1.82) is 0 Å². The van der Waals surface area contributed by atoms with Crippen LogP contribution in [0.15, 0.2) is 18.2 Å². The predicted octanol–water partition coefficient (Wildman–Crippen LogP) is 2.67. The smallest absolute Gasteiger partial charge is 0.126 e. The molecule has 0 unspecified atom stereocenters. The summed E-state index contributed by atoms with van der Waals surface area (Å²) < 4.78 is 5.42. The van der Waals surface area contributed by atoms with Crippen LogP contribution in [0.25, 0.3) is 0 Å². The summed E-state index contributed by atoms with van der Waals surface area (Å²) in [5.74, 6) is 0.764. The molecule has 21 heavy (non-hydrogen) atoms. The van der Waals surface area contributed by atoms with Crippen LogP contribution in [0, 0.1) is 0 Å². The van der Waals surface area contributed by atoms with Crippen LogP contribution in [0.1, 0.15) is 38.4 Å². The summed E-state index contributed by atoms with van der Waals surface area (Å²) in [6, 6.07) is 6.52. The third-order valence-corrected chi connectivity index (χ3v) is 4.61. The highest BCUT2D eigenvalue weighted by Gasteiger charge is 2.25. The van der Waals surface area contributed by atoms with E-state index in [-0.39, 0.29) is 0 Å². The first-order valence-electron chi connectivity index (χ1n) is 7.88. The molecule has 118 valence electrons. The van der Waals surface area contributed by atoms with Crippen molar-refractivity contribution in [1.82, 2.24) is 4.90 Å². The van der Waals surface area contributed by atoms with Crippen LogP contribution in [0.2, 0.25) is 0 Å². The first kappa shape index (κ1) is 16.1. The lowest BCUT2D eigenvalue weighted by atomic mass is 10.00. The molecule has 1 N–H and O–H groups in total. The maximum atomic E-state index is 10.1. The number of benzene rings is 1. The molecule has 0 bridgehead atoms. The van der Waals surface area contributed by atoms with Gasteiger partial charge < -0.3 is 19.6 Å². The zero-order valence-electron chi connectivity index (χ0n) is 13.7. The Morgan fingerprint density at radius 2 is 2.05 bits per heavy atom. The van der Waals surface area contributed by atoms with Gasteiger partial charge in [0, 0.05) is 37.4 Å². The van der Waals surface area contributed by atoms with Crippen molar-refractivity contribution in [2.75, 3.05) is 38.7 Å². The zero-order chi connectivity index (χ0) is 15.4. The van der Waals surface area contributed by atoms with Crippen LogP contribution >= 0.6 is 0 Å². The molecule has 1 heterocycles. The Morgan fingerprint density at radius 1 is 1.38 bits per heavy atom. The van der Waals surface area contributed by atoms with Crippen LogP contribution < -0.4 is 9.64 Å². The first-order valence-corrected chi connectivity index (χ1v) is 7.88. The van der Waals surface area contributed by atoms with Gasteiger partial charge in [-0.2, -0.15) is 0 Å². The van der Waals surface area contributed by atoms with Gasteiger partial charge in [0.1, 0.15) is 5.75 Å². The van der Waals surface area contributed by atoms with Crippen molar-refractivity contribution < 1.29 is 9.84 Å². The molecule has 1 aliphatic heterocycles. The summed E-state index contributed by atoms with van der Waals surface area (Å²) in [7, 11) is 3.79. The Hall–Kier alpha value is -1.26. The summed E-state index contributed by atoms with van der Waals surface area (Å²) in [4.78, 5) is 4.81. The van der Waals surface area contributed by atoms with Crippen LogP contribution in [0.5, 0.6) is 5.75 Å². The van der Waals surface area contributed by atoms with Gasteiger partial charge in [-0.1, -0.05) is 13.0 Å². The van der Waals surface area contributed by atoms with Gasteiger partial charge >= 0.3 is 0 Å². The normalized spacial score (nSPS) is 18.5. The molecule has 4 nitrogen and oxygen atoms in total. The number of piperidine rings is 1. The Bertz CT molecular complexity index is 454. The number of aliphatic hydroxyl groups excluding tert-OH is 1. The molecule has 1 atom stereocenters. The number of methoxy groups -OCH3 is 1. The van der Waals surface area contributed by atoms with Crippen LogP contribution in [-0.2, 0) is 0 Å². The number of hydrogen-bond donors (Lipinski definition) is 1. The Labute approximate surface area is 128 Å². The molecule has 0 aliphatic carbocycles. The summed E-state index contributed by atoms with van der Waals surface area (Å²) in [5.41, 5.74) is 1.97. The van der Waals surface area contributed by atoms with Crippen molar-refractivity contribution >= 4 is 5.69 Å². The summed E-state index contributed by atoms with van der Waals surface area (Å²) in [6.45, 7) is 7.46. The van der Waals surface area contributed by atoms with Crippen LogP contribution in [-0.4, -0.2) is 49.8 Å². The lowest BCUT2D eigenvalue weighted by Gasteiger charge is -2.38. The second-order valence-corrected chi connectivity index (χ2v) is 5.85. The molecule has 0 saturated carbocycles. The molecule has 2 rings (SSSR count). The maximum absolute atomic E-state index is 10.1. The van der Waals surface area contributed by atoms with Gasteiger partial charge in [0.25, 0.3) is 0 Å². The Morgan fingerprint density at radius 3 is 2.57 bits per heavy atom. The number of rotatable bonds is 5. The third kappa shape index (κ3) is 3.50. The average Bonchev–Trinajstić information content (AvgIpc) is 2.53. The lowest BCUT2D eigenvalue weighted by Crippen LogP contribution is -2.43. The van der Waals surface area contributed by atoms with Crippen LogP contribution in [0.3, 0.4) is 0 Å². The molecular formula is C17H28N2O2. The van der Waals surface area contributed by atoms with Crippen molar-refractivity contribution in [3.05, 3.63) is 23.8 Å². The van der Waals surface area contributed by atoms with Gasteiger partial charge in [-0.05, 0) is 38.4 Å². The molecule has 1 aliphatic rings. The van der Waals surface area contributed by atoms with Crippen LogP contribution in [0.4, 0.5) is 5.69 Å². The molecule has 0 aromatic heterocycles. The number of aliphatic hydroxyl groups is 1. The van der Waals surface area contributed by atoms with Crippen molar-refractivity contribution in [2.24, 2.45) is 0 Å². The zero-order valence-corrected chi connectivity index (χ0v) is 13.7. The molecular weight excluding hydrogens is 264 g/mol. The molecule has 1 saturated heterocycles. The highest BCUT2D eigenvalue weighted by Crippen LogP contribution is 2.36. The number of likely N-dealkylation sites (tertiary alicyclic amines) is 1. The quantitative estimate of drug-likeness (QED) is 0.905. The van der Waals surface area contributed by atoms with E-state index in [1.165, 1.54) is 12.8 Å². The highest BCUT2D eigenvalue weighted by atomic mass is 16.5. The van der Waals surface area contributed by atoms with Gasteiger partial charge in [-0.15, -0.1) is 0 Å². The van der Waals surface area contributed by atoms with Crippen molar-refractivity contribution in [3.8, 4) is 5.75 Å². The summed E-state index contributed by atoms with van der Waals surface area (Å²) in [5, 5.41) is 10.1. The van der Waals surface area contributed by atoms with E-state index in [9.17, 15) is 5.11 Å². The van der Waals surface area contributed by atoms with E-state index >= 15 is 0 Å². The van der Waals surface area contributed by atoms with Gasteiger partial charge in [0.05, 0.1) is 13.2 Å². The minimum Gasteiger partial charge on any atom is -0.496 e. The molecule has 0 radical (unpaired) electrons. The third-order valence-electron chi connectivity index (χ3n) is 4.61. The molecule has 0 spiro atoms. The Balaban J connectivity index is 2.21. The topological polar surface area (TPSA) is 35.9 Å². The monoisotopic (exact) mass is 292 g/mol. The highest BCUT2D eigenvalue weighted by molar-refractivity contribution is 5.60. The van der Waals surface area contributed by atoms with E-state index in [1.54, 1.807) is 14.0 Å². The maximum Gasteiger partial charge on any atom is 0.126 e. The molecule has 4 heteroatoms. The van der Waals surface area contributed by atoms with Gasteiger partial charge in [0.2, 0.25) is 0 Å². The number of hydrogen-bond acceptors (Lipinski definition) is 4. The van der Waals surface area contributed by atoms with Crippen molar-refractivity contribution in [3.63, 3.8) is 0 Å². The van der Waals surface area contributed by atoms with Gasteiger partial charge in [-0.25, -0.2) is 0 Å². The minimum atomic E-state index is -0.533. The number of nitrogens with zero attached hydrogens (tertiary/aromatic N) is 2. The fourth-order valence-electron chi connectivity index (χ4n) is 3.26. The standard InChI is InChI=1S/C17H28N2O2/c1-5-19-11-9-14(10-12-19)18(3)15-7-6-8-16(21-4)17(15)13(2)20/h6-8,13-14,20H,5,9-12H2,1-4H3/t13-/m1/s1. The van der Waals surface area contributed by atoms with E-state index in [4.69, 9.17) is 4.74 Å². The minimum absolute atomic E-state index is 0.525. The SMILES string of the molecule is CCN1CCC(N(C)c2cccc(OC)c2[C@@H](C)O)CC1. The van der Waals surface area contributed by atoms with E-state index in [0.29, 0.717) is 6.04 Å². The largest absolute Gasteiger partial charge is 0.496 e. The van der Waals surface area contributed by atoms with E-state index in [0.717, 1.165) is 36.6 Å². The first-order chi connectivity index (χ1) is 10.1. The number of ether oxygens (including phenoxy) is 1. The van der Waals surface area contributed by atoms with E-state index in [2.05, 4.69) is 29.8 Å². The molecule has 1 aromatic carbocycles. The predicted molar refractivity (Wildman–Crippen MR) is 87.2 cm³/mol. The molecule has 1 aromatic rings. The fourth-order valence-corrected chi connectivity index (χ4v) is 3.26. The van der Waals surface area contributed by atoms with E-state index in [1.807, 2.05) is 12.1 Å². The van der Waals surface area contributed by atoms with E-state index < -0.39 is 6.10 Å². The van der Waals surface area contributed by atoms with Gasteiger partial charge in [0.15, 0.2) is 0 Å². The summed E-state index contributed by atoms with van der Waals surface area (Å²) >= 11 is 0. The lowest BCUT2D eigenvalue weighted by molar-refractivity contribution is 0.193. The number of anilines is 1. The average molecular weight is 292 g/mol. The fraction of sp³-hybridized carbons (Fsp3) is 0.647. The van der Waals surface area contributed by atoms with Crippen molar-refractivity contribution in [2.45, 2.75) is 38.8 Å². The Kier molecular flexibility index (Phi) is 5.48. The van der Waals surface area contributed by atoms with Gasteiger partial charge in [-0.3, -0.25) is 0 Å². The second-order valence-electron chi connectivity index (χ2n) is 5.85. The molecule has 0 amide bonds.